The highest BCUT2D eigenvalue weighted by atomic mass is 16.6. The smallest absolute Gasteiger partial charge is 0.361 e. The SMILES string of the molecule is Cc1noc(C)c1CN1CCN(c2c([N+](=O)[O-])ncn2C)CC1. The molecule has 1 fully saturated rings. The first kappa shape index (κ1) is 15.5. The van der Waals surface area contributed by atoms with E-state index in [1.54, 1.807) is 11.6 Å². The van der Waals surface area contributed by atoms with Gasteiger partial charge in [-0.25, -0.2) is 0 Å². The van der Waals surface area contributed by atoms with Crippen LogP contribution in [0.4, 0.5) is 11.6 Å². The summed E-state index contributed by atoms with van der Waals surface area (Å²) in [6, 6.07) is 0. The number of nitro groups is 1. The zero-order chi connectivity index (χ0) is 16.6. The van der Waals surface area contributed by atoms with Gasteiger partial charge in [-0.3, -0.25) is 9.47 Å². The predicted molar refractivity (Wildman–Crippen MR) is 83.3 cm³/mol. The Labute approximate surface area is 133 Å². The van der Waals surface area contributed by atoms with E-state index in [-0.39, 0.29) is 5.82 Å². The van der Waals surface area contributed by atoms with E-state index in [4.69, 9.17) is 4.52 Å². The largest absolute Gasteiger partial charge is 0.406 e. The van der Waals surface area contributed by atoms with Crippen molar-refractivity contribution < 1.29 is 9.45 Å². The summed E-state index contributed by atoms with van der Waals surface area (Å²) in [7, 11) is 1.78. The third-order valence-electron chi connectivity index (χ3n) is 4.30. The summed E-state index contributed by atoms with van der Waals surface area (Å²) in [6.45, 7) is 7.76. The van der Waals surface area contributed by atoms with Gasteiger partial charge in [0.1, 0.15) is 5.76 Å². The molecule has 0 spiro atoms. The molecule has 2 aromatic rings. The second-order valence-electron chi connectivity index (χ2n) is 5.83. The Bertz CT molecular complexity index is 695. The van der Waals surface area contributed by atoms with Crippen molar-refractivity contribution >= 4 is 11.6 Å². The maximum atomic E-state index is 11.1. The van der Waals surface area contributed by atoms with E-state index in [0.717, 1.165) is 49.7 Å². The monoisotopic (exact) mass is 320 g/mol. The zero-order valence-electron chi connectivity index (χ0n) is 13.5. The lowest BCUT2D eigenvalue weighted by Gasteiger charge is -2.35. The molecule has 3 heterocycles. The minimum Gasteiger partial charge on any atom is -0.361 e. The van der Waals surface area contributed by atoms with Crippen LogP contribution in [0.2, 0.25) is 0 Å². The molecule has 2 aromatic heterocycles. The topological polar surface area (TPSA) is 93.5 Å². The van der Waals surface area contributed by atoms with Crippen LogP contribution in [0.25, 0.3) is 0 Å². The summed E-state index contributed by atoms with van der Waals surface area (Å²) in [5.41, 5.74) is 2.05. The van der Waals surface area contributed by atoms with Crippen LogP contribution in [0.5, 0.6) is 0 Å². The van der Waals surface area contributed by atoms with Gasteiger partial charge in [0.2, 0.25) is 12.1 Å². The summed E-state index contributed by atoms with van der Waals surface area (Å²) in [4.78, 5) is 18.9. The molecule has 0 saturated carbocycles. The number of hydrogen-bond donors (Lipinski definition) is 0. The normalized spacial score (nSPS) is 16.0. The number of anilines is 1. The van der Waals surface area contributed by atoms with E-state index in [1.165, 1.54) is 6.33 Å². The Morgan fingerprint density at radius 2 is 2.00 bits per heavy atom. The summed E-state index contributed by atoms with van der Waals surface area (Å²) in [5, 5.41) is 15.1. The molecule has 9 heteroatoms. The van der Waals surface area contributed by atoms with Gasteiger partial charge >= 0.3 is 5.82 Å². The van der Waals surface area contributed by atoms with Crippen molar-refractivity contribution in [2.24, 2.45) is 7.05 Å². The Kier molecular flexibility index (Phi) is 4.03. The number of nitrogens with zero attached hydrogens (tertiary/aromatic N) is 6. The molecule has 0 unspecified atom stereocenters. The van der Waals surface area contributed by atoms with E-state index >= 15 is 0 Å². The van der Waals surface area contributed by atoms with Crippen LogP contribution in [0, 0.1) is 24.0 Å². The van der Waals surface area contributed by atoms with Crippen molar-refractivity contribution in [1.82, 2.24) is 19.6 Å². The first-order valence-corrected chi connectivity index (χ1v) is 7.52. The fourth-order valence-electron chi connectivity index (χ4n) is 2.97. The molecule has 1 saturated heterocycles. The maximum absolute atomic E-state index is 11.1. The van der Waals surface area contributed by atoms with E-state index in [1.807, 2.05) is 18.7 Å². The van der Waals surface area contributed by atoms with Crippen molar-refractivity contribution in [2.45, 2.75) is 20.4 Å². The van der Waals surface area contributed by atoms with Gasteiger partial charge in [-0.15, -0.1) is 0 Å². The summed E-state index contributed by atoms with van der Waals surface area (Å²) < 4.78 is 6.91. The Morgan fingerprint density at radius 3 is 2.57 bits per heavy atom. The van der Waals surface area contributed by atoms with Crippen LogP contribution >= 0.6 is 0 Å². The number of aromatic nitrogens is 3. The molecule has 0 N–H and O–H groups in total. The standard InChI is InChI=1S/C14H20N6O3/c1-10-12(11(2)23-16-10)8-18-4-6-19(7-5-18)14-13(20(21)22)15-9-17(14)3/h9H,4-8H2,1-3H3. The maximum Gasteiger partial charge on any atom is 0.406 e. The fourth-order valence-corrected chi connectivity index (χ4v) is 2.97. The highest BCUT2D eigenvalue weighted by Gasteiger charge is 2.28. The van der Waals surface area contributed by atoms with E-state index in [0.29, 0.717) is 5.82 Å². The van der Waals surface area contributed by atoms with Gasteiger partial charge in [0.25, 0.3) is 0 Å². The van der Waals surface area contributed by atoms with Crippen molar-refractivity contribution in [3.05, 3.63) is 33.5 Å². The van der Waals surface area contributed by atoms with Crippen molar-refractivity contribution in [3.8, 4) is 0 Å². The molecule has 9 nitrogen and oxygen atoms in total. The molecule has 1 aliphatic heterocycles. The van der Waals surface area contributed by atoms with Crippen LogP contribution in [0.1, 0.15) is 17.0 Å². The molecule has 3 rings (SSSR count). The van der Waals surface area contributed by atoms with Gasteiger partial charge in [-0.2, -0.15) is 0 Å². The van der Waals surface area contributed by atoms with Gasteiger partial charge < -0.3 is 19.5 Å². The number of hydrogen-bond acceptors (Lipinski definition) is 7. The van der Waals surface area contributed by atoms with Crippen molar-refractivity contribution in [1.29, 1.82) is 0 Å². The first-order chi connectivity index (χ1) is 11.0. The van der Waals surface area contributed by atoms with Gasteiger partial charge in [0.15, 0.2) is 0 Å². The van der Waals surface area contributed by atoms with Gasteiger partial charge in [0.05, 0.1) is 5.69 Å². The van der Waals surface area contributed by atoms with Gasteiger partial charge in [-0.1, -0.05) is 5.16 Å². The number of imidazole rings is 1. The third-order valence-corrected chi connectivity index (χ3v) is 4.30. The molecular formula is C14H20N6O3. The van der Waals surface area contributed by atoms with Crippen LogP contribution < -0.4 is 4.90 Å². The predicted octanol–water partition coefficient (Wildman–Crippen LogP) is 1.26. The van der Waals surface area contributed by atoms with Crippen LogP contribution in [-0.4, -0.2) is 50.7 Å². The molecule has 23 heavy (non-hydrogen) atoms. The molecule has 1 aliphatic rings. The quantitative estimate of drug-likeness (QED) is 0.618. The second kappa shape index (κ2) is 5.99. The molecule has 0 aliphatic carbocycles. The highest BCUT2D eigenvalue weighted by molar-refractivity contribution is 5.54. The van der Waals surface area contributed by atoms with Crippen molar-refractivity contribution in [3.63, 3.8) is 0 Å². The van der Waals surface area contributed by atoms with Gasteiger partial charge in [-0.05, 0) is 23.8 Å². The second-order valence-corrected chi connectivity index (χ2v) is 5.83. The number of aryl methyl sites for hydroxylation is 3. The first-order valence-electron chi connectivity index (χ1n) is 7.52. The Balaban J connectivity index is 1.67. The minimum absolute atomic E-state index is 0.0772. The lowest BCUT2D eigenvalue weighted by atomic mass is 10.2. The van der Waals surface area contributed by atoms with Gasteiger partial charge in [0, 0.05) is 45.3 Å². The third kappa shape index (κ3) is 2.91. The van der Waals surface area contributed by atoms with E-state index in [2.05, 4.69) is 15.0 Å². The molecule has 0 radical (unpaired) electrons. The average Bonchev–Trinajstić information content (AvgIpc) is 3.05. The zero-order valence-corrected chi connectivity index (χ0v) is 13.5. The molecule has 124 valence electrons. The number of rotatable bonds is 4. The molecular weight excluding hydrogens is 300 g/mol. The summed E-state index contributed by atoms with van der Waals surface area (Å²) in [5.74, 6) is 1.35. The van der Waals surface area contributed by atoms with E-state index in [9.17, 15) is 10.1 Å². The molecule has 0 aromatic carbocycles. The van der Waals surface area contributed by atoms with Crippen molar-refractivity contribution in [2.75, 3.05) is 31.1 Å². The molecule has 0 bridgehead atoms. The number of piperazine rings is 1. The molecule has 0 atom stereocenters. The highest BCUT2D eigenvalue weighted by Crippen LogP contribution is 2.27. The van der Waals surface area contributed by atoms with Crippen LogP contribution in [0.15, 0.2) is 10.9 Å². The Hall–Kier alpha value is -2.42. The van der Waals surface area contributed by atoms with Crippen LogP contribution in [0.3, 0.4) is 0 Å². The molecule has 0 amide bonds. The lowest BCUT2D eigenvalue weighted by molar-refractivity contribution is -0.388. The minimum atomic E-state index is -0.425. The summed E-state index contributed by atoms with van der Waals surface area (Å²) >= 11 is 0. The lowest BCUT2D eigenvalue weighted by Crippen LogP contribution is -2.46. The summed E-state index contributed by atoms with van der Waals surface area (Å²) in [6.07, 6.45) is 1.49. The fraction of sp³-hybridized carbons (Fsp3) is 0.571. The average molecular weight is 320 g/mol. The van der Waals surface area contributed by atoms with Crippen LogP contribution in [-0.2, 0) is 13.6 Å². The Morgan fingerprint density at radius 1 is 1.30 bits per heavy atom. The van der Waals surface area contributed by atoms with E-state index < -0.39 is 4.92 Å².